The van der Waals surface area contributed by atoms with Crippen LogP contribution in [-0.2, 0) is 6.18 Å². The molecule has 1 heterocycles. The second-order valence-corrected chi connectivity index (χ2v) is 4.15. The van der Waals surface area contributed by atoms with Crippen molar-refractivity contribution < 1.29 is 18.0 Å². The molecule has 0 unspecified atom stereocenters. The van der Waals surface area contributed by atoms with Gasteiger partial charge in [-0.05, 0) is 24.1 Å². The normalized spacial score (nSPS) is 15.2. The van der Waals surface area contributed by atoms with Crippen molar-refractivity contribution in [3.63, 3.8) is 0 Å². The van der Waals surface area contributed by atoms with Crippen LogP contribution in [0.4, 0.5) is 13.2 Å². The number of benzene rings is 1. The Morgan fingerprint density at radius 3 is 2.44 bits per heavy atom. The SMILES string of the molecule is C=Cc1ccc(C(=O)N2CCC2)c(C(F)(F)F)c1. The highest BCUT2D eigenvalue weighted by Gasteiger charge is 2.37. The zero-order valence-corrected chi connectivity index (χ0v) is 9.63. The van der Waals surface area contributed by atoms with Crippen molar-refractivity contribution in [1.82, 2.24) is 4.90 Å². The van der Waals surface area contributed by atoms with Gasteiger partial charge in [0, 0.05) is 13.1 Å². The first-order chi connectivity index (χ1) is 8.43. The van der Waals surface area contributed by atoms with Gasteiger partial charge in [-0.15, -0.1) is 0 Å². The molecule has 0 bridgehead atoms. The van der Waals surface area contributed by atoms with Crippen molar-refractivity contribution in [3.05, 3.63) is 41.5 Å². The lowest BCUT2D eigenvalue weighted by atomic mass is 10.0. The van der Waals surface area contributed by atoms with E-state index in [1.165, 1.54) is 23.1 Å². The second-order valence-electron chi connectivity index (χ2n) is 4.15. The second kappa shape index (κ2) is 4.48. The minimum atomic E-state index is -4.53. The fraction of sp³-hybridized carbons (Fsp3) is 0.308. The molecule has 1 saturated heterocycles. The van der Waals surface area contributed by atoms with Crippen LogP contribution >= 0.6 is 0 Å². The van der Waals surface area contributed by atoms with E-state index in [0.29, 0.717) is 18.7 Å². The Hall–Kier alpha value is -1.78. The highest BCUT2D eigenvalue weighted by atomic mass is 19.4. The summed E-state index contributed by atoms with van der Waals surface area (Å²) >= 11 is 0. The van der Waals surface area contributed by atoms with Crippen molar-refractivity contribution >= 4 is 12.0 Å². The predicted octanol–water partition coefficient (Wildman–Crippen LogP) is 3.19. The van der Waals surface area contributed by atoms with E-state index in [1.54, 1.807) is 0 Å². The number of rotatable bonds is 2. The zero-order valence-electron chi connectivity index (χ0n) is 9.63. The molecule has 1 aromatic carbocycles. The van der Waals surface area contributed by atoms with Crippen LogP contribution in [0.15, 0.2) is 24.8 Å². The maximum absolute atomic E-state index is 12.9. The van der Waals surface area contributed by atoms with Crippen molar-refractivity contribution in [1.29, 1.82) is 0 Å². The fourth-order valence-corrected chi connectivity index (χ4v) is 1.80. The van der Waals surface area contributed by atoms with Crippen molar-refractivity contribution in [3.8, 4) is 0 Å². The summed E-state index contributed by atoms with van der Waals surface area (Å²) < 4.78 is 38.7. The first-order valence-corrected chi connectivity index (χ1v) is 5.56. The molecule has 0 radical (unpaired) electrons. The highest BCUT2D eigenvalue weighted by molar-refractivity contribution is 5.96. The number of carbonyl (C=O) groups is 1. The average Bonchev–Trinajstić information content (AvgIpc) is 2.24. The summed E-state index contributed by atoms with van der Waals surface area (Å²) in [4.78, 5) is 13.3. The maximum Gasteiger partial charge on any atom is 0.417 e. The fourth-order valence-electron chi connectivity index (χ4n) is 1.80. The van der Waals surface area contributed by atoms with E-state index in [0.717, 1.165) is 12.5 Å². The van der Waals surface area contributed by atoms with E-state index in [1.807, 2.05) is 0 Å². The van der Waals surface area contributed by atoms with E-state index in [2.05, 4.69) is 6.58 Å². The van der Waals surface area contributed by atoms with Gasteiger partial charge >= 0.3 is 6.18 Å². The molecule has 1 aliphatic heterocycles. The van der Waals surface area contributed by atoms with Crippen LogP contribution in [0, 0.1) is 0 Å². The number of hydrogen-bond donors (Lipinski definition) is 0. The lowest BCUT2D eigenvalue weighted by Crippen LogP contribution is -2.42. The van der Waals surface area contributed by atoms with Gasteiger partial charge < -0.3 is 4.90 Å². The molecule has 5 heteroatoms. The van der Waals surface area contributed by atoms with E-state index in [4.69, 9.17) is 0 Å². The molecule has 96 valence electrons. The first kappa shape index (κ1) is 12.7. The molecule has 1 fully saturated rings. The standard InChI is InChI=1S/C13H12F3NO/c1-2-9-4-5-10(11(8-9)13(14,15)16)12(18)17-6-3-7-17/h2,4-5,8H,1,3,6-7H2. The Labute approximate surface area is 103 Å². The molecule has 0 N–H and O–H groups in total. The maximum atomic E-state index is 12.9. The lowest BCUT2D eigenvalue weighted by Gasteiger charge is -2.31. The van der Waals surface area contributed by atoms with Gasteiger partial charge in [0.15, 0.2) is 0 Å². The van der Waals surface area contributed by atoms with E-state index < -0.39 is 17.6 Å². The Balaban J connectivity index is 2.45. The van der Waals surface area contributed by atoms with Crippen LogP contribution in [0.25, 0.3) is 6.08 Å². The summed E-state index contributed by atoms with van der Waals surface area (Å²) in [5, 5.41) is 0. The van der Waals surface area contributed by atoms with Crippen molar-refractivity contribution in [2.24, 2.45) is 0 Å². The molecule has 1 aromatic rings. The number of carbonyl (C=O) groups excluding carboxylic acids is 1. The largest absolute Gasteiger partial charge is 0.417 e. The average molecular weight is 255 g/mol. The number of amides is 1. The van der Waals surface area contributed by atoms with E-state index in [-0.39, 0.29) is 5.56 Å². The third-order valence-corrected chi connectivity index (χ3v) is 2.96. The summed E-state index contributed by atoms with van der Waals surface area (Å²) in [5.41, 5.74) is -0.827. The molecule has 1 aliphatic rings. The molecule has 0 spiro atoms. The lowest BCUT2D eigenvalue weighted by molar-refractivity contribution is -0.138. The Bertz CT molecular complexity index is 489. The van der Waals surface area contributed by atoms with Crippen LogP contribution in [0.1, 0.15) is 27.9 Å². The van der Waals surface area contributed by atoms with Crippen LogP contribution in [0.2, 0.25) is 0 Å². The molecular weight excluding hydrogens is 243 g/mol. The zero-order chi connectivity index (χ0) is 13.3. The van der Waals surface area contributed by atoms with Gasteiger partial charge in [-0.2, -0.15) is 13.2 Å². The number of nitrogens with zero attached hydrogens (tertiary/aromatic N) is 1. The minimum Gasteiger partial charge on any atom is -0.339 e. The van der Waals surface area contributed by atoms with Gasteiger partial charge in [0.1, 0.15) is 0 Å². The van der Waals surface area contributed by atoms with E-state index >= 15 is 0 Å². The van der Waals surface area contributed by atoms with Crippen LogP contribution < -0.4 is 0 Å². The third kappa shape index (κ3) is 2.25. The topological polar surface area (TPSA) is 20.3 Å². The number of alkyl halides is 3. The summed E-state index contributed by atoms with van der Waals surface area (Å²) in [5.74, 6) is -0.552. The molecule has 0 aromatic heterocycles. The third-order valence-electron chi connectivity index (χ3n) is 2.96. The van der Waals surface area contributed by atoms with Gasteiger partial charge in [0.05, 0.1) is 11.1 Å². The Kier molecular flexibility index (Phi) is 3.15. The molecular formula is C13H12F3NO. The van der Waals surface area contributed by atoms with E-state index in [9.17, 15) is 18.0 Å². The van der Waals surface area contributed by atoms with Crippen molar-refractivity contribution in [2.75, 3.05) is 13.1 Å². The van der Waals surface area contributed by atoms with Crippen LogP contribution in [-0.4, -0.2) is 23.9 Å². The van der Waals surface area contributed by atoms with Crippen LogP contribution in [0.5, 0.6) is 0 Å². The van der Waals surface area contributed by atoms with Gasteiger partial charge in [-0.25, -0.2) is 0 Å². The summed E-state index contributed by atoms with van der Waals surface area (Å²) in [6, 6.07) is 3.65. The molecule has 2 rings (SSSR count). The number of likely N-dealkylation sites (tertiary alicyclic amines) is 1. The Morgan fingerprint density at radius 1 is 1.33 bits per heavy atom. The molecule has 0 aliphatic carbocycles. The van der Waals surface area contributed by atoms with Gasteiger partial charge in [0.25, 0.3) is 5.91 Å². The monoisotopic (exact) mass is 255 g/mol. The molecule has 0 atom stereocenters. The number of halogens is 3. The highest BCUT2D eigenvalue weighted by Crippen LogP contribution is 2.34. The summed E-state index contributed by atoms with van der Waals surface area (Å²) in [6.07, 6.45) is -2.36. The quantitative estimate of drug-likeness (QED) is 0.794. The molecule has 0 saturated carbocycles. The van der Waals surface area contributed by atoms with Crippen LogP contribution in [0.3, 0.4) is 0 Å². The molecule has 1 amide bonds. The van der Waals surface area contributed by atoms with Gasteiger partial charge in [-0.1, -0.05) is 18.7 Å². The number of hydrogen-bond acceptors (Lipinski definition) is 1. The Morgan fingerprint density at radius 2 is 2.00 bits per heavy atom. The van der Waals surface area contributed by atoms with Crippen molar-refractivity contribution in [2.45, 2.75) is 12.6 Å². The minimum absolute atomic E-state index is 0.284. The summed E-state index contributed by atoms with van der Waals surface area (Å²) in [7, 11) is 0. The molecule has 2 nitrogen and oxygen atoms in total. The predicted molar refractivity (Wildman–Crippen MR) is 62.1 cm³/mol. The molecule has 18 heavy (non-hydrogen) atoms. The van der Waals surface area contributed by atoms with Gasteiger partial charge in [0.2, 0.25) is 0 Å². The smallest absolute Gasteiger partial charge is 0.339 e. The van der Waals surface area contributed by atoms with Gasteiger partial charge in [-0.3, -0.25) is 4.79 Å². The first-order valence-electron chi connectivity index (χ1n) is 5.56. The summed E-state index contributed by atoms with van der Waals surface area (Å²) in [6.45, 7) is 4.48.